The van der Waals surface area contributed by atoms with Gasteiger partial charge in [0.15, 0.2) is 22.1 Å². The van der Waals surface area contributed by atoms with Crippen LogP contribution in [0, 0.1) is 0 Å². The Hall–Kier alpha value is -3.40. The Labute approximate surface area is 213 Å². The van der Waals surface area contributed by atoms with Crippen molar-refractivity contribution in [2.45, 2.75) is 76.5 Å². The monoisotopic (exact) mass is 476 g/mol. The van der Waals surface area contributed by atoms with Gasteiger partial charge in [-0.1, -0.05) is 42.5 Å². The van der Waals surface area contributed by atoms with E-state index in [4.69, 9.17) is 0 Å². The molecule has 0 atom stereocenters. The van der Waals surface area contributed by atoms with Crippen LogP contribution in [0.4, 0.5) is 0 Å². The number of imidazole rings is 2. The number of rotatable bonds is 6. The maximum absolute atomic E-state index is 2.54. The third-order valence-electron chi connectivity index (χ3n) is 8.60. The third-order valence-corrected chi connectivity index (χ3v) is 8.60. The molecule has 2 aliphatic rings. The number of benzene rings is 3. The van der Waals surface area contributed by atoms with E-state index < -0.39 is 0 Å². The Bertz CT molecular complexity index is 1400. The van der Waals surface area contributed by atoms with Gasteiger partial charge in [-0.3, -0.25) is 0 Å². The molecular formula is C32H36N4+2. The largest absolute Gasteiger partial charge is 0.245 e. The lowest BCUT2D eigenvalue weighted by atomic mass is 10.1. The van der Waals surface area contributed by atoms with Crippen LogP contribution in [0.2, 0.25) is 0 Å². The average Bonchev–Trinajstić information content (AvgIpc) is 3.72. The summed E-state index contributed by atoms with van der Waals surface area (Å²) in [5, 5.41) is 0. The molecule has 0 radical (unpaired) electrons. The zero-order valence-corrected chi connectivity index (χ0v) is 21.1. The number of nitrogens with zero attached hydrogens (tertiary/aromatic N) is 4. The molecule has 7 rings (SSSR count). The van der Waals surface area contributed by atoms with Gasteiger partial charge < -0.3 is 0 Å². The first kappa shape index (κ1) is 21.8. The van der Waals surface area contributed by atoms with Crippen LogP contribution in [-0.4, -0.2) is 9.13 Å². The number of hydrogen-bond donors (Lipinski definition) is 0. The van der Waals surface area contributed by atoms with E-state index >= 15 is 0 Å². The van der Waals surface area contributed by atoms with E-state index in [0.29, 0.717) is 12.1 Å². The molecule has 5 aromatic rings. The average molecular weight is 477 g/mol. The van der Waals surface area contributed by atoms with E-state index in [1.54, 1.807) is 0 Å². The van der Waals surface area contributed by atoms with Crippen molar-refractivity contribution in [3.63, 3.8) is 0 Å². The van der Waals surface area contributed by atoms with E-state index in [0.717, 1.165) is 13.1 Å². The SMILES string of the molecule is c1cc(C[n+]2cn(C3CCCC3)c3ccccc32)cc(C[n+]2cn(C3CCCC3)c3ccccc32)c1. The molecule has 0 bridgehead atoms. The Balaban J connectivity index is 1.19. The minimum atomic E-state index is 0.649. The molecule has 2 heterocycles. The van der Waals surface area contributed by atoms with Gasteiger partial charge in [-0.25, -0.2) is 18.3 Å². The van der Waals surface area contributed by atoms with Crippen LogP contribution in [0.3, 0.4) is 0 Å². The lowest BCUT2D eigenvalue weighted by Crippen LogP contribution is -2.34. The van der Waals surface area contributed by atoms with Gasteiger partial charge in [0.25, 0.3) is 0 Å². The minimum absolute atomic E-state index is 0.649. The molecule has 0 spiro atoms. The molecule has 4 heteroatoms. The minimum Gasteiger partial charge on any atom is -0.227 e. The van der Waals surface area contributed by atoms with Gasteiger partial charge in [-0.05, 0) is 92.8 Å². The summed E-state index contributed by atoms with van der Waals surface area (Å²) in [6.07, 6.45) is 15.4. The zero-order valence-electron chi connectivity index (χ0n) is 21.1. The van der Waals surface area contributed by atoms with Crippen LogP contribution in [0.5, 0.6) is 0 Å². The number of fused-ring (bicyclic) bond motifs is 2. The predicted molar refractivity (Wildman–Crippen MR) is 144 cm³/mol. The Morgan fingerprint density at radius 3 is 1.47 bits per heavy atom. The van der Waals surface area contributed by atoms with Gasteiger partial charge in [0.2, 0.25) is 12.7 Å². The molecule has 0 N–H and O–H groups in total. The normalized spacial score (nSPS) is 17.1. The molecular weight excluding hydrogens is 440 g/mol. The molecule has 0 amide bonds. The fraction of sp³-hybridized carbons (Fsp3) is 0.375. The highest BCUT2D eigenvalue weighted by Crippen LogP contribution is 2.32. The highest BCUT2D eigenvalue weighted by molar-refractivity contribution is 5.72. The molecule has 4 nitrogen and oxygen atoms in total. The summed E-state index contributed by atoms with van der Waals surface area (Å²) in [6.45, 7) is 1.81. The lowest BCUT2D eigenvalue weighted by Gasteiger charge is -2.05. The molecule has 0 aliphatic heterocycles. The van der Waals surface area contributed by atoms with E-state index in [-0.39, 0.29) is 0 Å². The van der Waals surface area contributed by atoms with Crippen molar-refractivity contribution in [1.82, 2.24) is 9.13 Å². The number of para-hydroxylation sites is 4. The van der Waals surface area contributed by atoms with Crippen molar-refractivity contribution in [3.05, 3.63) is 96.6 Å². The summed E-state index contributed by atoms with van der Waals surface area (Å²) in [5.74, 6) is 0. The predicted octanol–water partition coefficient (Wildman–Crippen LogP) is 6.50. The van der Waals surface area contributed by atoms with Crippen LogP contribution in [0.15, 0.2) is 85.5 Å². The summed E-state index contributed by atoms with van der Waals surface area (Å²) in [7, 11) is 0. The zero-order chi connectivity index (χ0) is 23.9. The van der Waals surface area contributed by atoms with Gasteiger partial charge in [0.1, 0.15) is 25.2 Å². The molecule has 2 aromatic heterocycles. The second-order valence-electron chi connectivity index (χ2n) is 11.0. The number of hydrogen-bond acceptors (Lipinski definition) is 0. The maximum Gasteiger partial charge on any atom is 0.245 e. The van der Waals surface area contributed by atoms with Crippen molar-refractivity contribution in [1.29, 1.82) is 0 Å². The fourth-order valence-electron chi connectivity index (χ4n) is 6.82. The smallest absolute Gasteiger partial charge is 0.227 e. The first-order valence-corrected chi connectivity index (χ1v) is 13.9. The topological polar surface area (TPSA) is 17.6 Å². The quantitative estimate of drug-likeness (QED) is 0.249. The summed E-state index contributed by atoms with van der Waals surface area (Å²) in [4.78, 5) is 0. The first-order chi connectivity index (χ1) is 17.8. The van der Waals surface area contributed by atoms with E-state index in [1.165, 1.54) is 84.6 Å². The molecule has 2 saturated carbocycles. The highest BCUT2D eigenvalue weighted by atomic mass is 15.2. The molecule has 0 unspecified atom stereocenters. The van der Waals surface area contributed by atoms with Crippen LogP contribution >= 0.6 is 0 Å². The Morgan fingerprint density at radius 1 is 0.556 bits per heavy atom. The Kier molecular flexibility index (Phi) is 5.61. The fourth-order valence-corrected chi connectivity index (χ4v) is 6.82. The van der Waals surface area contributed by atoms with Gasteiger partial charge >= 0.3 is 0 Å². The maximum atomic E-state index is 2.54. The molecule has 0 saturated heterocycles. The van der Waals surface area contributed by atoms with E-state index in [9.17, 15) is 0 Å². The standard InChI is InChI=1S/C32H36N4/c1-2-13-27(12-1)35-23-33(29-16-5-7-18-31(29)35)21-25-10-9-11-26(20-25)22-34-24-36(28-14-3-4-15-28)32-19-8-6-17-30(32)34/h5-11,16-20,23-24,27-28H,1-4,12-15,21-22H2/q+2. The second kappa shape index (κ2) is 9.24. The van der Waals surface area contributed by atoms with Gasteiger partial charge in [-0.2, -0.15) is 0 Å². The summed E-state index contributed by atoms with van der Waals surface area (Å²) >= 11 is 0. The van der Waals surface area contributed by atoms with E-state index in [2.05, 4.69) is 104 Å². The van der Waals surface area contributed by atoms with Crippen LogP contribution in [0.1, 0.15) is 74.6 Å². The molecule has 182 valence electrons. The van der Waals surface area contributed by atoms with Gasteiger partial charge in [0.05, 0.1) is 0 Å². The first-order valence-electron chi connectivity index (χ1n) is 13.9. The van der Waals surface area contributed by atoms with Gasteiger partial charge in [0, 0.05) is 0 Å². The lowest BCUT2D eigenvalue weighted by molar-refractivity contribution is -0.664. The van der Waals surface area contributed by atoms with Crippen molar-refractivity contribution in [2.75, 3.05) is 0 Å². The summed E-state index contributed by atoms with van der Waals surface area (Å²) in [5.41, 5.74) is 8.15. The van der Waals surface area contributed by atoms with E-state index in [1.807, 2.05) is 0 Å². The van der Waals surface area contributed by atoms with Crippen LogP contribution in [-0.2, 0) is 13.1 Å². The summed E-state index contributed by atoms with van der Waals surface area (Å²) in [6, 6.07) is 28.3. The molecule has 3 aromatic carbocycles. The van der Waals surface area contributed by atoms with Crippen LogP contribution < -0.4 is 9.13 Å². The van der Waals surface area contributed by atoms with Crippen molar-refractivity contribution in [3.8, 4) is 0 Å². The van der Waals surface area contributed by atoms with Crippen molar-refractivity contribution >= 4 is 22.1 Å². The van der Waals surface area contributed by atoms with Gasteiger partial charge in [-0.15, -0.1) is 0 Å². The van der Waals surface area contributed by atoms with Crippen molar-refractivity contribution < 1.29 is 9.13 Å². The van der Waals surface area contributed by atoms with Crippen molar-refractivity contribution in [2.24, 2.45) is 0 Å². The second-order valence-corrected chi connectivity index (χ2v) is 11.0. The molecule has 36 heavy (non-hydrogen) atoms. The third kappa shape index (κ3) is 3.93. The Morgan fingerprint density at radius 2 is 1.00 bits per heavy atom. The van der Waals surface area contributed by atoms with Crippen LogP contribution in [0.25, 0.3) is 22.1 Å². The molecule has 2 fully saturated rings. The highest BCUT2D eigenvalue weighted by Gasteiger charge is 2.27. The molecule has 2 aliphatic carbocycles. The summed E-state index contributed by atoms with van der Waals surface area (Å²) < 4.78 is 9.98. The number of aromatic nitrogens is 4.